The lowest BCUT2D eigenvalue weighted by atomic mass is 9.84. The van der Waals surface area contributed by atoms with Gasteiger partial charge < -0.3 is 29.7 Å². The maximum absolute atomic E-state index is 12.2. The lowest BCUT2D eigenvalue weighted by Gasteiger charge is -2.43. The third-order valence-electron chi connectivity index (χ3n) is 6.92. The molecule has 1 amide bonds. The van der Waals surface area contributed by atoms with Crippen molar-refractivity contribution in [3.8, 4) is 0 Å². The van der Waals surface area contributed by atoms with Crippen LogP contribution in [-0.4, -0.2) is 52.4 Å². The summed E-state index contributed by atoms with van der Waals surface area (Å²) in [5.74, 6) is 0.324. The lowest BCUT2D eigenvalue weighted by molar-refractivity contribution is -0.255. The van der Waals surface area contributed by atoms with Crippen LogP contribution in [0.15, 0.2) is 78.9 Å². The molecule has 0 radical (unpaired) electrons. The molecule has 1 aliphatic rings. The highest BCUT2D eigenvalue weighted by Gasteiger charge is 2.41. The second kappa shape index (κ2) is 15.1. The molecule has 9 heteroatoms. The van der Waals surface area contributed by atoms with E-state index < -0.39 is 18.4 Å². The van der Waals surface area contributed by atoms with Gasteiger partial charge in [-0.1, -0.05) is 78.9 Å². The molecule has 1 saturated heterocycles. The van der Waals surface area contributed by atoms with Gasteiger partial charge in [0.05, 0.1) is 25.4 Å². The van der Waals surface area contributed by atoms with Gasteiger partial charge in [0, 0.05) is 36.5 Å². The second-order valence-corrected chi connectivity index (χ2v) is 11.1. The zero-order chi connectivity index (χ0) is 29.2. The number of rotatable bonds is 12. The van der Waals surface area contributed by atoms with Gasteiger partial charge in [0.2, 0.25) is 0 Å². The standard InChI is InChI=1S/C32H37NO7S/c1-21(38-22(2)36)31(37)33-18-23-8-14-27(15-9-23)32-39-28(20-41-17-16-34)29(25-6-4-3-5-7-25)30(40-32)26-12-10-24(19-35)11-13-26/h3-15,21,28-30,32,34-35H,16-20H2,1-2H3,(H,33,37)/t21-,28+,29+,30-,32?/m0/s1. The molecule has 4 rings (SSSR count). The van der Waals surface area contributed by atoms with Crippen LogP contribution in [0.4, 0.5) is 0 Å². The van der Waals surface area contributed by atoms with Gasteiger partial charge in [0.25, 0.3) is 5.91 Å². The summed E-state index contributed by atoms with van der Waals surface area (Å²) in [5.41, 5.74) is 4.64. The van der Waals surface area contributed by atoms with E-state index >= 15 is 0 Å². The molecule has 1 fully saturated rings. The van der Waals surface area contributed by atoms with E-state index in [4.69, 9.17) is 14.2 Å². The van der Waals surface area contributed by atoms with E-state index in [0.29, 0.717) is 11.5 Å². The predicted molar refractivity (Wildman–Crippen MR) is 157 cm³/mol. The van der Waals surface area contributed by atoms with Crippen LogP contribution in [0.1, 0.15) is 60.0 Å². The molecule has 3 aromatic carbocycles. The fourth-order valence-corrected chi connectivity index (χ4v) is 5.66. The average molecular weight is 580 g/mol. The van der Waals surface area contributed by atoms with Crippen molar-refractivity contribution >= 4 is 23.6 Å². The Morgan fingerprint density at radius 2 is 1.56 bits per heavy atom. The van der Waals surface area contributed by atoms with Crippen molar-refractivity contribution in [3.63, 3.8) is 0 Å². The number of hydrogen-bond donors (Lipinski definition) is 3. The molecule has 0 aliphatic carbocycles. The quantitative estimate of drug-likeness (QED) is 0.214. The van der Waals surface area contributed by atoms with Crippen LogP contribution >= 0.6 is 11.8 Å². The Hall–Kier alpha value is -3.21. The van der Waals surface area contributed by atoms with E-state index in [1.807, 2.05) is 66.7 Å². The van der Waals surface area contributed by atoms with Crippen LogP contribution in [0.5, 0.6) is 0 Å². The summed E-state index contributed by atoms with van der Waals surface area (Å²) in [5, 5.41) is 21.7. The Kier molecular flexibility index (Phi) is 11.4. The molecule has 5 atom stereocenters. The smallest absolute Gasteiger partial charge is 0.303 e. The minimum atomic E-state index is -0.864. The fourth-order valence-electron chi connectivity index (χ4n) is 4.84. The van der Waals surface area contributed by atoms with Crippen LogP contribution in [0, 0.1) is 0 Å². The number of carbonyl (C=O) groups excluding carboxylic acids is 2. The number of nitrogens with one attached hydrogen (secondary N) is 1. The number of amides is 1. The fraction of sp³-hybridized carbons (Fsp3) is 0.375. The lowest BCUT2D eigenvalue weighted by Crippen LogP contribution is -2.38. The summed E-state index contributed by atoms with van der Waals surface area (Å²) in [6.45, 7) is 3.15. The number of thioether (sulfide) groups is 1. The highest BCUT2D eigenvalue weighted by Crippen LogP contribution is 2.47. The Bertz CT molecular complexity index is 1250. The van der Waals surface area contributed by atoms with Crippen molar-refractivity contribution in [1.82, 2.24) is 5.32 Å². The Morgan fingerprint density at radius 3 is 2.20 bits per heavy atom. The number of aliphatic hydroxyl groups excluding tert-OH is 2. The van der Waals surface area contributed by atoms with Crippen molar-refractivity contribution in [2.75, 3.05) is 18.1 Å². The number of benzene rings is 3. The van der Waals surface area contributed by atoms with Gasteiger partial charge in [-0.05, 0) is 29.2 Å². The van der Waals surface area contributed by atoms with Crippen LogP contribution in [0.3, 0.4) is 0 Å². The van der Waals surface area contributed by atoms with Gasteiger partial charge in [0.1, 0.15) is 0 Å². The summed E-state index contributed by atoms with van der Waals surface area (Å²) in [7, 11) is 0. The summed E-state index contributed by atoms with van der Waals surface area (Å²) in [6, 6.07) is 25.6. The maximum atomic E-state index is 12.2. The van der Waals surface area contributed by atoms with E-state index in [0.717, 1.165) is 27.8 Å². The van der Waals surface area contributed by atoms with Gasteiger partial charge in [0.15, 0.2) is 12.4 Å². The Labute approximate surface area is 245 Å². The van der Waals surface area contributed by atoms with Crippen molar-refractivity contribution in [1.29, 1.82) is 0 Å². The molecule has 1 unspecified atom stereocenters. The summed E-state index contributed by atoms with van der Waals surface area (Å²) < 4.78 is 18.2. The molecule has 3 aromatic rings. The van der Waals surface area contributed by atoms with Gasteiger partial charge in [-0.3, -0.25) is 9.59 Å². The third kappa shape index (κ3) is 8.40. The van der Waals surface area contributed by atoms with Gasteiger partial charge in [-0.2, -0.15) is 11.8 Å². The van der Waals surface area contributed by atoms with Crippen molar-refractivity contribution in [2.24, 2.45) is 0 Å². The number of aliphatic hydroxyl groups is 2. The van der Waals surface area contributed by atoms with E-state index in [1.54, 1.807) is 11.8 Å². The largest absolute Gasteiger partial charge is 0.453 e. The molecule has 218 valence electrons. The third-order valence-corrected chi connectivity index (χ3v) is 7.95. The summed E-state index contributed by atoms with van der Waals surface area (Å²) in [4.78, 5) is 23.3. The van der Waals surface area contributed by atoms with Crippen LogP contribution in [0.25, 0.3) is 0 Å². The molecule has 0 aromatic heterocycles. The van der Waals surface area contributed by atoms with Gasteiger partial charge >= 0.3 is 5.97 Å². The first-order valence-electron chi connectivity index (χ1n) is 13.7. The van der Waals surface area contributed by atoms with Gasteiger partial charge in [-0.15, -0.1) is 0 Å². The van der Waals surface area contributed by atoms with Gasteiger partial charge in [-0.25, -0.2) is 0 Å². The average Bonchev–Trinajstić information content (AvgIpc) is 3.00. The molecular formula is C32H37NO7S. The first-order chi connectivity index (χ1) is 19.9. The number of carbonyl (C=O) groups is 2. The van der Waals surface area contributed by atoms with Crippen LogP contribution in [0.2, 0.25) is 0 Å². The molecule has 1 heterocycles. The molecule has 0 bridgehead atoms. The molecule has 0 spiro atoms. The molecule has 3 N–H and O–H groups in total. The van der Waals surface area contributed by atoms with Crippen LogP contribution < -0.4 is 5.32 Å². The van der Waals surface area contributed by atoms with Crippen molar-refractivity contribution in [3.05, 3.63) is 107 Å². The molecule has 41 heavy (non-hydrogen) atoms. The van der Waals surface area contributed by atoms with Crippen LogP contribution in [-0.2, 0) is 37.0 Å². The SMILES string of the molecule is CC(=O)O[C@@H](C)C(=O)NCc1ccc(C2O[C@H](CSCCO)[C@@H](c3ccccc3)[C@H](c3ccc(CO)cc3)O2)cc1. The first-order valence-corrected chi connectivity index (χ1v) is 14.8. The molecule has 8 nitrogen and oxygen atoms in total. The van der Waals surface area contributed by atoms with E-state index in [1.165, 1.54) is 13.8 Å². The van der Waals surface area contributed by atoms with Crippen molar-refractivity contribution in [2.45, 2.75) is 57.5 Å². The Morgan fingerprint density at radius 1 is 0.902 bits per heavy atom. The molecule has 0 saturated carbocycles. The predicted octanol–water partition coefficient (Wildman–Crippen LogP) is 4.41. The Balaban J connectivity index is 1.57. The zero-order valence-corrected chi connectivity index (χ0v) is 24.1. The number of esters is 1. The summed E-state index contributed by atoms with van der Waals surface area (Å²) >= 11 is 1.64. The van der Waals surface area contributed by atoms with Crippen molar-refractivity contribution < 1.29 is 34.0 Å². The minimum Gasteiger partial charge on any atom is -0.453 e. The number of ether oxygens (including phenoxy) is 3. The maximum Gasteiger partial charge on any atom is 0.303 e. The van der Waals surface area contributed by atoms with E-state index in [9.17, 15) is 19.8 Å². The molecular weight excluding hydrogens is 542 g/mol. The topological polar surface area (TPSA) is 114 Å². The first kappa shape index (κ1) is 30.7. The summed E-state index contributed by atoms with van der Waals surface area (Å²) in [6.07, 6.45) is -2.01. The van der Waals surface area contributed by atoms with E-state index in [-0.39, 0.29) is 43.8 Å². The highest BCUT2D eigenvalue weighted by atomic mass is 32.2. The zero-order valence-electron chi connectivity index (χ0n) is 23.3. The monoisotopic (exact) mass is 579 g/mol. The minimum absolute atomic E-state index is 0.0322. The number of hydrogen-bond acceptors (Lipinski definition) is 8. The highest BCUT2D eigenvalue weighted by molar-refractivity contribution is 7.99. The second-order valence-electron chi connectivity index (χ2n) is 9.91. The molecule has 1 aliphatic heterocycles. The van der Waals surface area contributed by atoms with E-state index in [2.05, 4.69) is 17.4 Å². The normalized spacial score (nSPS) is 21.2.